The Kier molecular flexibility index (Phi) is 4.29. The van der Waals surface area contributed by atoms with Gasteiger partial charge in [-0.3, -0.25) is 0 Å². The van der Waals surface area contributed by atoms with E-state index in [1.54, 1.807) is 0 Å². The van der Waals surface area contributed by atoms with Gasteiger partial charge in [0.25, 0.3) is 0 Å². The highest BCUT2D eigenvalue weighted by Gasteiger charge is 2.30. The number of likely N-dealkylation sites (tertiary alicyclic amines) is 1. The van der Waals surface area contributed by atoms with E-state index in [0.717, 1.165) is 25.4 Å². The van der Waals surface area contributed by atoms with Gasteiger partial charge >= 0.3 is 0 Å². The van der Waals surface area contributed by atoms with Crippen molar-refractivity contribution in [3.8, 4) is 0 Å². The normalized spacial score (nSPS) is 28.6. The Balaban J connectivity index is 2.35. The molecule has 0 aromatic heterocycles. The quantitative estimate of drug-likeness (QED) is 0.694. The van der Waals surface area contributed by atoms with Crippen LogP contribution in [-0.2, 0) is 0 Å². The minimum atomic E-state index is 0.631. The molecule has 14 heavy (non-hydrogen) atoms. The van der Waals surface area contributed by atoms with Crippen LogP contribution < -0.4 is 5.73 Å². The van der Waals surface area contributed by atoms with Crippen LogP contribution in [0.5, 0.6) is 0 Å². The van der Waals surface area contributed by atoms with E-state index in [-0.39, 0.29) is 0 Å². The molecule has 2 unspecified atom stereocenters. The number of rotatable bonds is 4. The van der Waals surface area contributed by atoms with Crippen LogP contribution in [0.1, 0.15) is 13.3 Å². The maximum Gasteiger partial charge on any atom is 0.0740 e. The Labute approximate surface area is 92.2 Å². The minimum absolute atomic E-state index is 0.631. The molecule has 0 aromatic carbocycles. The predicted molar refractivity (Wildman–Crippen MR) is 64.5 cm³/mol. The number of thiocarbonyl (C=S) groups is 1. The van der Waals surface area contributed by atoms with Gasteiger partial charge in [0.05, 0.1) is 4.99 Å². The predicted octanol–water partition coefficient (Wildman–Crippen LogP) is 0.544. The highest BCUT2D eigenvalue weighted by atomic mass is 32.1. The lowest BCUT2D eigenvalue weighted by molar-refractivity contribution is 0.253. The molecular weight excluding hydrogens is 194 g/mol. The first kappa shape index (κ1) is 11.9. The Morgan fingerprint density at radius 3 is 2.57 bits per heavy atom. The lowest BCUT2D eigenvalue weighted by Gasteiger charge is -2.22. The van der Waals surface area contributed by atoms with Crippen LogP contribution in [0.15, 0.2) is 0 Å². The van der Waals surface area contributed by atoms with Gasteiger partial charge in [0, 0.05) is 32.1 Å². The highest BCUT2D eigenvalue weighted by Crippen LogP contribution is 2.19. The molecule has 0 bridgehead atoms. The van der Waals surface area contributed by atoms with Crippen LogP contribution in [0.2, 0.25) is 0 Å². The highest BCUT2D eigenvalue weighted by molar-refractivity contribution is 7.80. The summed E-state index contributed by atoms with van der Waals surface area (Å²) in [6, 6.07) is 0.682. The first-order valence-corrected chi connectivity index (χ1v) is 5.58. The van der Waals surface area contributed by atoms with Crippen LogP contribution in [0.25, 0.3) is 0 Å². The lowest BCUT2D eigenvalue weighted by Crippen LogP contribution is -2.34. The van der Waals surface area contributed by atoms with E-state index in [1.165, 1.54) is 6.54 Å². The first-order valence-electron chi connectivity index (χ1n) is 5.17. The Hall–Kier alpha value is -0.190. The molecular formula is C10H21N3S. The first-order chi connectivity index (χ1) is 6.50. The molecule has 0 saturated carbocycles. The Bertz CT molecular complexity index is 206. The second-order valence-electron chi connectivity index (χ2n) is 4.48. The number of nitrogens with two attached hydrogens (primary N) is 1. The van der Waals surface area contributed by atoms with Gasteiger partial charge in [-0.15, -0.1) is 0 Å². The van der Waals surface area contributed by atoms with Crippen molar-refractivity contribution in [2.24, 2.45) is 11.7 Å². The van der Waals surface area contributed by atoms with Crippen molar-refractivity contribution < 1.29 is 0 Å². The zero-order valence-corrected chi connectivity index (χ0v) is 10.2. The summed E-state index contributed by atoms with van der Waals surface area (Å²) < 4.78 is 0. The summed E-state index contributed by atoms with van der Waals surface area (Å²) in [7, 11) is 4.30. The molecule has 1 aliphatic heterocycles. The van der Waals surface area contributed by atoms with Crippen LogP contribution in [-0.4, -0.2) is 54.6 Å². The van der Waals surface area contributed by atoms with Crippen LogP contribution >= 0.6 is 12.2 Å². The summed E-state index contributed by atoms with van der Waals surface area (Å²) in [5.41, 5.74) is 5.49. The lowest BCUT2D eigenvalue weighted by atomic mass is 10.1. The number of likely N-dealkylation sites (N-methyl/N-ethyl adjacent to an activating group) is 1. The summed E-state index contributed by atoms with van der Waals surface area (Å²) in [5.74, 6) is 0.747. The monoisotopic (exact) mass is 215 g/mol. The third-order valence-electron chi connectivity index (χ3n) is 2.99. The molecule has 1 saturated heterocycles. The SMILES string of the molecule is CC1CN(CCC(N)=S)CC1N(C)C. The number of hydrogen-bond donors (Lipinski definition) is 1. The average Bonchev–Trinajstić information content (AvgIpc) is 2.43. The molecule has 1 rings (SSSR count). The molecule has 82 valence electrons. The summed E-state index contributed by atoms with van der Waals surface area (Å²) in [6.07, 6.45) is 0.849. The molecule has 0 radical (unpaired) electrons. The van der Waals surface area contributed by atoms with Gasteiger partial charge in [-0.2, -0.15) is 0 Å². The topological polar surface area (TPSA) is 32.5 Å². The second-order valence-corrected chi connectivity index (χ2v) is 5.01. The third kappa shape index (κ3) is 3.19. The van der Waals surface area contributed by atoms with Gasteiger partial charge in [-0.25, -0.2) is 0 Å². The minimum Gasteiger partial charge on any atom is -0.393 e. The van der Waals surface area contributed by atoms with Crippen LogP contribution in [0, 0.1) is 5.92 Å². The summed E-state index contributed by atoms with van der Waals surface area (Å²) >= 11 is 4.88. The molecule has 0 amide bonds. The standard InChI is InChI=1S/C10H21N3S/c1-8-6-13(5-4-10(11)14)7-9(8)12(2)3/h8-9H,4-7H2,1-3H3,(H2,11,14). The zero-order valence-electron chi connectivity index (χ0n) is 9.36. The van der Waals surface area contributed by atoms with E-state index < -0.39 is 0 Å². The largest absolute Gasteiger partial charge is 0.393 e. The summed E-state index contributed by atoms with van der Waals surface area (Å²) in [4.78, 5) is 5.39. The third-order valence-corrected chi connectivity index (χ3v) is 3.19. The van der Waals surface area contributed by atoms with Crippen molar-refractivity contribution in [1.29, 1.82) is 0 Å². The molecule has 3 nitrogen and oxygen atoms in total. The smallest absolute Gasteiger partial charge is 0.0740 e. The van der Waals surface area contributed by atoms with Crippen molar-refractivity contribution in [2.75, 3.05) is 33.7 Å². The van der Waals surface area contributed by atoms with E-state index in [4.69, 9.17) is 18.0 Å². The number of hydrogen-bond acceptors (Lipinski definition) is 3. The molecule has 2 atom stereocenters. The van der Waals surface area contributed by atoms with Gasteiger partial charge in [0.1, 0.15) is 0 Å². The van der Waals surface area contributed by atoms with Gasteiger partial charge in [0.15, 0.2) is 0 Å². The Morgan fingerprint density at radius 2 is 2.14 bits per heavy atom. The van der Waals surface area contributed by atoms with Crippen molar-refractivity contribution in [3.63, 3.8) is 0 Å². The molecule has 2 N–H and O–H groups in total. The molecule has 0 aliphatic carbocycles. The van der Waals surface area contributed by atoms with Crippen LogP contribution in [0.3, 0.4) is 0 Å². The molecule has 1 heterocycles. The maximum atomic E-state index is 5.49. The molecule has 1 aliphatic rings. The fourth-order valence-electron chi connectivity index (χ4n) is 2.17. The van der Waals surface area contributed by atoms with Gasteiger partial charge in [-0.1, -0.05) is 19.1 Å². The average molecular weight is 215 g/mol. The van der Waals surface area contributed by atoms with Crippen molar-refractivity contribution in [1.82, 2.24) is 9.80 Å². The van der Waals surface area contributed by atoms with Crippen molar-refractivity contribution in [3.05, 3.63) is 0 Å². The summed E-state index contributed by atoms with van der Waals surface area (Å²) in [6.45, 7) is 5.65. The van der Waals surface area contributed by atoms with Crippen molar-refractivity contribution in [2.45, 2.75) is 19.4 Å². The van der Waals surface area contributed by atoms with Crippen molar-refractivity contribution >= 4 is 17.2 Å². The van der Waals surface area contributed by atoms with E-state index in [1.807, 2.05) is 0 Å². The van der Waals surface area contributed by atoms with E-state index in [9.17, 15) is 0 Å². The van der Waals surface area contributed by atoms with Crippen LogP contribution in [0.4, 0.5) is 0 Å². The fraction of sp³-hybridized carbons (Fsp3) is 0.900. The molecule has 4 heteroatoms. The molecule has 0 aromatic rings. The Morgan fingerprint density at radius 1 is 1.50 bits per heavy atom. The maximum absolute atomic E-state index is 5.49. The molecule has 1 fully saturated rings. The van der Waals surface area contributed by atoms with E-state index in [2.05, 4.69) is 30.8 Å². The van der Waals surface area contributed by atoms with E-state index >= 15 is 0 Å². The van der Waals surface area contributed by atoms with Gasteiger partial charge in [0.2, 0.25) is 0 Å². The van der Waals surface area contributed by atoms with Gasteiger partial charge in [-0.05, 0) is 20.0 Å². The fourth-order valence-corrected chi connectivity index (χ4v) is 2.26. The molecule has 0 spiro atoms. The van der Waals surface area contributed by atoms with Gasteiger partial charge < -0.3 is 15.5 Å². The number of nitrogens with zero attached hydrogens (tertiary/aromatic N) is 2. The summed E-state index contributed by atoms with van der Waals surface area (Å²) in [5, 5.41) is 0. The zero-order chi connectivity index (χ0) is 10.7. The van der Waals surface area contributed by atoms with E-state index in [0.29, 0.717) is 11.0 Å². The second kappa shape index (κ2) is 5.05.